The van der Waals surface area contributed by atoms with Gasteiger partial charge in [-0.15, -0.1) is 0 Å². The van der Waals surface area contributed by atoms with E-state index in [9.17, 15) is 27.9 Å². The summed E-state index contributed by atoms with van der Waals surface area (Å²) in [6.07, 6.45) is 0.260. The van der Waals surface area contributed by atoms with E-state index in [1.54, 1.807) is 35.2 Å². The molecule has 0 aliphatic rings. The molecule has 0 aliphatic carbocycles. The van der Waals surface area contributed by atoms with Gasteiger partial charge in [-0.1, -0.05) is 62.7 Å². The molecule has 2 atom stereocenters. The lowest BCUT2D eigenvalue weighted by molar-refractivity contribution is -0.132. The number of rotatable bonds is 15. The van der Waals surface area contributed by atoms with Crippen molar-refractivity contribution in [3.63, 3.8) is 0 Å². The van der Waals surface area contributed by atoms with Crippen LogP contribution < -0.4 is 10.0 Å². The van der Waals surface area contributed by atoms with Crippen LogP contribution in [0.15, 0.2) is 47.4 Å². The number of nitrogens with zero attached hydrogens (tertiary/aromatic N) is 1. The molecule has 0 saturated carbocycles. The van der Waals surface area contributed by atoms with Gasteiger partial charge in [0.15, 0.2) is 0 Å². The summed E-state index contributed by atoms with van der Waals surface area (Å²) < 4.78 is 27.7. The van der Waals surface area contributed by atoms with Crippen LogP contribution in [0.25, 0.3) is 11.1 Å². The molecule has 0 saturated heterocycles. The standard InChI is InChI=1S/C29H40ClN3O6S2/c1-5-8-27(35)33(14-13-31-29(37)22(18-40)15-19(2)3)17-21-11-12-23(25(30)16-21)24-9-6-7-10-26(24)41(38,39)32-28(36)20(4)34/h6-7,9-12,16,19-20,22,34,40H,5,8,13-15,17-18H2,1-4H3,(H,31,37)(H,32,36)/t20-,22+/m0/s1. The Morgan fingerprint density at radius 2 is 1.73 bits per heavy atom. The van der Waals surface area contributed by atoms with Crippen molar-refractivity contribution < 1.29 is 27.9 Å². The molecule has 3 amide bonds. The van der Waals surface area contributed by atoms with E-state index in [4.69, 9.17) is 11.6 Å². The average Bonchev–Trinajstić information content (AvgIpc) is 2.90. The lowest BCUT2D eigenvalue weighted by Crippen LogP contribution is -2.40. The zero-order chi connectivity index (χ0) is 30.7. The van der Waals surface area contributed by atoms with Gasteiger partial charge in [-0.25, -0.2) is 13.1 Å². The number of hydrogen-bond acceptors (Lipinski definition) is 7. The Labute approximate surface area is 253 Å². The van der Waals surface area contributed by atoms with Crippen molar-refractivity contribution in [1.29, 1.82) is 0 Å². The Bertz CT molecular complexity index is 1320. The van der Waals surface area contributed by atoms with E-state index in [1.807, 2.05) is 11.6 Å². The minimum Gasteiger partial charge on any atom is -0.384 e. The number of amides is 3. The monoisotopic (exact) mass is 625 g/mol. The highest BCUT2D eigenvalue weighted by molar-refractivity contribution is 7.90. The van der Waals surface area contributed by atoms with Crippen molar-refractivity contribution in [3.05, 3.63) is 53.1 Å². The summed E-state index contributed by atoms with van der Waals surface area (Å²) in [4.78, 5) is 38.8. The molecule has 0 bridgehead atoms. The van der Waals surface area contributed by atoms with Crippen molar-refractivity contribution >= 4 is 52.0 Å². The molecule has 41 heavy (non-hydrogen) atoms. The van der Waals surface area contributed by atoms with E-state index < -0.39 is 22.0 Å². The first-order chi connectivity index (χ1) is 19.3. The highest BCUT2D eigenvalue weighted by atomic mass is 35.5. The van der Waals surface area contributed by atoms with Crippen molar-refractivity contribution in [1.82, 2.24) is 14.9 Å². The predicted octanol–water partition coefficient (Wildman–Crippen LogP) is 4.03. The Morgan fingerprint density at radius 3 is 2.32 bits per heavy atom. The van der Waals surface area contributed by atoms with Crippen LogP contribution in [-0.2, 0) is 31.0 Å². The second-order valence-electron chi connectivity index (χ2n) is 10.3. The van der Waals surface area contributed by atoms with Gasteiger partial charge in [-0.2, -0.15) is 12.6 Å². The maximum absolute atomic E-state index is 12.9. The molecular formula is C29H40ClN3O6S2. The first kappa shape index (κ1) is 34.6. The number of halogens is 1. The molecule has 2 aromatic carbocycles. The van der Waals surface area contributed by atoms with Crippen LogP contribution in [0.5, 0.6) is 0 Å². The molecule has 9 nitrogen and oxygen atoms in total. The Hall–Kier alpha value is -2.60. The van der Waals surface area contributed by atoms with Gasteiger partial charge >= 0.3 is 0 Å². The minimum absolute atomic E-state index is 0.0554. The predicted molar refractivity (Wildman–Crippen MR) is 164 cm³/mol. The van der Waals surface area contributed by atoms with E-state index in [2.05, 4.69) is 31.8 Å². The molecule has 0 aliphatic heterocycles. The Morgan fingerprint density at radius 1 is 1.05 bits per heavy atom. The maximum atomic E-state index is 12.9. The van der Waals surface area contributed by atoms with Crippen molar-refractivity contribution in [3.8, 4) is 11.1 Å². The van der Waals surface area contributed by atoms with E-state index in [0.717, 1.165) is 12.0 Å². The molecule has 3 N–H and O–H groups in total. The van der Waals surface area contributed by atoms with E-state index in [0.29, 0.717) is 43.2 Å². The fourth-order valence-corrected chi connectivity index (χ4v) is 6.14. The van der Waals surface area contributed by atoms with Crippen molar-refractivity contribution in [2.45, 2.75) is 64.5 Å². The van der Waals surface area contributed by atoms with Gasteiger partial charge in [0.05, 0.1) is 4.90 Å². The van der Waals surface area contributed by atoms with E-state index in [1.165, 1.54) is 19.1 Å². The van der Waals surface area contributed by atoms with Crippen molar-refractivity contribution in [2.24, 2.45) is 11.8 Å². The number of sulfonamides is 1. The van der Waals surface area contributed by atoms with Gasteiger partial charge < -0.3 is 15.3 Å². The number of aliphatic hydroxyl groups is 1. The molecule has 0 heterocycles. The zero-order valence-electron chi connectivity index (χ0n) is 23.9. The number of nitrogens with one attached hydrogen (secondary N) is 2. The third-order valence-corrected chi connectivity index (χ3v) is 8.49. The molecule has 0 fully saturated rings. The summed E-state index contributed by atoms with van der Waals surface area (Å²) in [5, 5.41) is 12.6. The fraction of sp³-hybridized carbons (Fsp3) is 0.483. The Kier molecular flexibility index (Phi) is 13.6. The molecule has 226 valence electrons. The van der Waals surface area contributed by atoms with Crippen molar-refractivity contribution in [2.75, 3.05) is 18.8 Å². The summed E-state index contributed by atoms with van der Waals surface area (Å²) in [7, 11) is -4.29. The molecule has 0 aromatic heterocycles. The first-order valence-electron chi connectivity index (χ1n) is 13.6. The van der Waals surface area contributed by atoms with Crippen LogP contribution in [0.3, 0.4) is 0 Å². The van der Waals surface area contributed by atoms with Crippen LogP contribution in [0.4, 0.5) is 0 Å². The van der Waals surface area contributed by atoms with E-state index >= 15 is 0 Å². The smallest absolute Gasteiger partial charge is 0.264 e. The number of hydrogen-bond donors (Lipinski definition) is 4. The van der Waals surface area contributed by atoms with Gasteiger partial charge in [0, 0.05) is 53.9 Å². The third-order valence-electron chi connectivity index (χ3n) is 6.33. The lowest BCUT2D eigenvalue weighted by Gasteiger charge is -2.24. The van der Waals surface area contributed by atoms with Crippen LogP contribution >= 0.6 is 24.2 Å². The van der Waals surface area contributed by atoms with Gasteiger partial charge in [0.25, 0.3) is 15.9 Å². The summed E-state index contributed by atoms with van der Waals surface area (Å²) >= 11 is 10.9. The molecule has 12 heteroatoms. The minimum atomic E-state index is -4.29. The molecule has 0 spiro atoms. The summed E-state index contributed by atoms with van der Waals surface area (Å²) in [5.41, 5.74) is 1.42. The SMILES string of the molecule is CCCC(=O)N(CCNC(=O)[C@@H](CS)CC(C)C)Cc1ccc(-c2ccccc2S(=O)(=O)NC(=O)[C@H](C)O)c(Cl)c1. The van der Waals surface area contributed by atoms with Crippen LogP contribution in [0.1, 0.15) is 52.5 Å². The average molecular weight is 626 g/mol. The molecule has 0 unspecified atom stereocenters. The number of benzene rings is 2. The van der Waals surface area contributed by atoms with Crippen LogP contribution in [-0.4, -0.2) is 61.1 Å². The van der Waals surface area contributed by atoms with E-state index in [-0.39, 0.29) is 39.8 Å². The van der Waals surface area contributed by atoms with Crippen LogP contribution in [0, 0.1) is 11.8 Å². The van der Waals surface area contributed by atoms with Gasteiger partial charge in [-0.05, 0) is 43.4 Å². The fourth-order valence-electron chi connectivity index (χ4n) is 4.25. The number of carbonyl (C=O) groups is 3. The van der Waals surface area contributed by atoms with Gasteiger partial charge in [-0.3, -0.25) is 14.4 Å². The largest absolute Gasteiger partial charge is 0.384 e. The quantitative estimate of drug-likeness (QED) is 0.221. The highest BCUT2D eigenvalue weighted by Gasteiger charge is 2.25. The number of carbonyl (C=O) groups excluding carboxylic acids is 3. The van der Waals surface area contributed by atoms with Gasteiger partial charge in [0.1, 0.15) is 6.10 Å². The molecule has 2 rings (SSSR count). The zero-order valence-corrected chi connectivity index (χ0v) is 26.4. The van der Waals surface area contributed by atoms with Crippen LogP contribution in [0.2, 0.25) is 5.02 Å². The topological polar surface area (TPSA) is 133 Å². The Balaban J connectivity index is 2.25. The normalized spacial score (nSPS) is 13.0. The number of thiol groups is 1. The third kappa shape index (κ3) is 10.3. The lowest BCUT2D eigenvalue weighted by atomic mass is 9.98. The molecular weight excluding hydrogens is 586 g/mol. The second-order valence-corrected chi connectivity index (χ2v) is 12.7. The summed E-state index contributed by atoms with van der Waals surface area (Å²) in [6, 6.07) is 11.2. The molecule has 2 aromatic rings. The summed E-state index contributed by atoms with van der Waals surface area (Å²) in [6.45, 7) is 8.06. The number of aliphatic hydroxyl groups excluding tert-OH is 1. The highest BCUT2D eigenvalue weighted by Crippen LogP contribution is 2.33. The maximum Gasteiger partial charge on any atom is 0.264 e. The first-order valence-corrected chi connectivity index (χ1v) is 16.1. The second kappa shape index (κ2) is 16.1. The molecule has 0 radical (unpaired) electrons. The summed E-state index contributed by atoms with van der Waals surface area (Å²) in [5.74, 6) is -0.567. The van der Waals surface area contributed by atoms with Gasteiger partial charge in [0.2, 0.25) is 11.8 Å².